The highest BCUT2D eigenvalue weighted by Crippen LogP contribution is 2.19. The molecule has 0 bridgehead atoms. The number of nitrogens with zero attached hydrogens (tertiary/aromatic N) is 2. The zero-order valence-corrected chi connectivity index (χ0v) is 13.8. The molecule has 0 aliphatic carbocycles. The van der Waals surface area contributed by atoms with E-state index in [-0.39, 0.29) is 12.5 Å². The summed E-state index contributed by atoms with van der Waals surface area (Å²) in [5.74, 6) is 0.354. The highest BCUT2D eigenvalue weighted by atomic mass is 16.5. The first-order valence-electron chi connectivity index (χ1n) is 7.83. The molecule has 6 heteroatoms. The van der Waals surface area contributed by atoms with E-state index in [1.807, 2.05) is 61.5 Å². The van der Waals surface area contributed by atoms with Gasteiger partial charge in [0.05, 0.1) is 18.1 Å². The van der Waals surface area contributed by atoms with Crippen LogP contribution in [0.15, 0.2) is 65.9 Å². The van der Waals surface area contributed by atoms with Crippen molar-refractivity contribution in [2.24, 2.45) is 5.10 Å². The van der Waals surface area contributed by atoms with Gasteiger partial charge >= 0.3 is 0 Å². The molecule has 0 fully saturated rings. The molecule has 3 rings (SSSR count). The third kappa shape index (κ3) is 4.32. The molecule has 0 aliphatic heterocycles. The molecule has 1 aromatic heterocycles. The third-order valence-electron chi connectivity index (χ3n) is 3.58. The number of aromatic nitrogens is 2. The van der Waals surface area contributed by atoms with Crippen molar-refractivity contribution in [1.82, 2.24) is 15.6 Å². The maximum atomic E-state index is 11.8. The van der Waals surface area contributed by atoms with Crippen LogP contribution in [0.3, 0.4) is 0 Å². The molecule has 126 valence electrons. The number of benzene rings is 2. The number of ether oxygens (including phenoxy) is 1. The quantitative estimate of drug-likeness (QED) is 0.537. The fraction of sp³-hybridized carbons (Fsp3) is 0.105. The van der Waals surface area contributed by atoms with Crippen LogP contribution in [0.2, 0.25) is 0 Å². The van der Waals surface area contributed by atoms with Gasteiger partial charge in [-0.05, 0) is 18.6 Å². The first-order valence-corrected chi connectivity index (χ1v) is 7.83. The van der Waals surface area contributed by atoms with Crippen LogP contribution in [-0.2, 0) is 4.79 Å². The number of hydrogen-bond donors (Lipinski definition) is 2. The minimum absolute atomic E-state index is 0.0981. The summed E-state index contributed by atoms with van der Waals surface area (Å²) in [6.07, 6.45) is 3.21. The van der Waals surface area contributed by atoms with Crippen molar-refractivity contribution in [3.63, 3.8) is 0 Å². The van der Waals surface area contributed by atoms with E-state index in [9.17, 15) is 4.79 Å². The minimum Gasteiger partial charge on any atom is -0.483 e. The second-order valence-corrected chi connectivity index (χ2v) is 5.41. The molecule has 2 aromatic carbocycles. The van der Waals surface area contributed by atoms with E-state index >= 15 is 0 Å². The van der Waals surface area contributed by atoms with Gasteiger partial charge in [0.25, 0.3) is 5.91 Å². The molecular formula is C19H18N4O2. The van der Waals surface area contributed by atoms with Gasteiger partial charge in [0.2, 0.25) is 0 Å². The SMILES string of the molecule is Cc1ccccc1OCC(=O)N/N=C\c1cn[nH]c1-c1ccccc1. The maximum Gasteiger partial charge on any atom is 0.277 e. The highest BCUT2D eigenvalue weighted by Gasteiger charge is 2.06. The Labute approximate surface area is 145 Å². The summed E-state index contributed by atoms with van der Waals surface area (Å²) in [6.45, 7) is 1.83. The predicted molar refractivity (Wildman–Crippen MR) is 96.4 cm³/mol. The van der Waals surface area contributed by atoms with Gasteiger partial charge in [0.15, 0.2) is 6.61 Å². The Bertz CT molecular complexity index is 872. The van der Waals surface area contributed by atoms with Crippen molar-refractivity contribution in [3.8, 4) is 17.0 Å². The van der Waals surface area contributed by atoms with Crippen molar-refractivity contribution in [3.05, 3.63) is 71.9 Å². The van der Waals surface area contributed by atoms with Crippen molar-refractivity contribution >= 4 is 12.1 Å². The van der Waals surface area contributed by atoms with Crippen LogP contribution in [-0.4, -0.2) is 28.9 Å². The number of hydrogen-bond acceptors (Lipinski definition) is 4. The van der Waals surface area contributed by atoms with E-state index in [1.54, 1.807) is 12.4 Å². The van der Waals surface area contributed by atoms with E-state index in [0.29, 0.717) is 5.75 Å². The maximum absolute atomic E-state index is 11.8. The second kappa shape index (κ2) is 7.92. The van der Waals surface area contributed by atoms with Gasteiger partial charge in [-0.3, -0.25) is 9.89 Å². The number of H-pyrrole nitrogens is 1. The van der Waals surface area contributed by atoms with E-state index in [2.05, 4.69) is 20.7 Å². The number of carbonyl (C=O) groups is 1. The molecule has 0 saturated carbocycles. The van der Waals surface area contributed by atoms with E-state index < -0.39 is 0 Å². The number of aromatic amines is 1. The predicted octanol–water partition coefficient (Wildman–Crippen LogP) is 2.91. The Hall–Kier alpha value is -3.41. The van der Waals surface area contributed by atoms with E-state index in [4.69, 9.17) is 4.74 Å². The zero-order valence-electron chi connectivity index (χ0n) is 13.8. The molecule has 0 aliphatic rings. The van der Waals surface area contributed by atoms with Crippen LogP contribution >= 0.6 is 0 Å². The first-order chi connectivity index (χ1) is 12.2. The summed E-state index contributed by atoms with van der Waals surface area (Å²) in [7, 11) is 0. The summed E-state index contributed by atoms with van der Waals surface area (Å²) in [4.78, 5) is 11.8. The number of para-hydroxylation sites is 1. The van der Waals surface area contributed by atoms with Gasteiger partial charge in [0.1, 0.15) is 5.75 Å². The molecule has 2 N–H and O–H groups in total. The smallest absolute Gasteiger partial charge is 0.277 e. The van der Waals surface area contributed by atoms with Crippen molar-refractivity contribution in [2.45, 2.75) is 6.92 Å². The lowest BCUT2D eigenvalue weighted by Gasteiger charge is -2.07. The first kappa shape index (κ1) is 16.4. The molecule has 1 amide bonds. The molecule has 0 atom stereocenters. The van der Waals surface area contributed by atoms with Crippen molar-refractivity contribution < 1.29 is 9.53 Å². The van der Waals surface area contributed by atoms with Crippen molar-refractivity contribution in [2.75, 3.05) is 6.61 Å². The standard InChI is InChI=1S/C19H18N4O2/c1-14-7-5-6-10-17(14)25-13-18(24)22-20-11-16-12-21-23-19(16)15-8-3-2-4-9-15/h2-12H,13H2,1H3,(H,21,23)(H,22,24)/b20-11-. The van der Waals surface area contributed by atoms with Crippen LogP contribution < -0.4 is 10.2 Å². The number of amides is 1. The Morgan fingerprint density at radius 3 is 2.76 bits per heavy atom. The Balaban J connectivity index is 1.56. The highest BCUT2D eigenvalue weighted by molar-refractivity contribution is 5.89. The molecule has 0 spiro atoms. The monoisotopic (exact) mass is 334 g/mol. The summed E-state index contributed by atoms with van der Waals surface area (Å²) < 4.78 is 5.47. The van der Waals surface area contributed by atoms with Gasteiger partial charge in [-0.15, -0.1) is 0 Å². The van der Waals surface area contributed by atoms with Gasteiger partial charge in [-0.2, -0.15) is 10.2 Å². The lowest BCUT2D eigenvalue weighted by atomic mass is 10.1. The molecule has 1 heterocycles. The van der Waals surface area contributed by atoms with Gasteiger partial charge in [-0.1, -0.05) is 48.5 Å². The van der Waals surface area contributed by atoms with Crippen LogP contribution in [0.4, 0.5) is 0 Å². The molecule has 0 unspecified atom stereocenters. The van der Waals surface area contributed by atoms with Gasteiger partial charge in [-0.25, -0.2) is 5.43 Å². The Morgan fingerprint density at radius 2 is 1.96 bits per heavy atom. The molecular weight excluding hydrogens is 316 g/mol. The van der Waals surface area contributed by atoms with Gasteiger partial charge < -0.3 is 4.74 Å². The lowest BCUT2D eigenvalue weighted by molar-refractivity contribution is -0.123. The minimum atomic E-state index is -0.329. The number of aryl methyl sites for hydroxylation is 1. The average molecular weight is 334 g/mol. The number of carbonyl (C=O) groups excluding carboxylic acids is 1. The summed E-state index contributed by atoms with van der Waals surface area (Å²) in [6, 6.07) is 17.3. The summed E-state index contributed by atoms with van der Waals surface area (Å²) in [5, 5.41) is 10.9. The lowest BCUT2D eigenvalue weighted by Crippen LogP contribution is -2.24. The van der Waals surface area contributed by atoms with Gasteiger partial charge in [0, 0.05) is 11.1 Å². The average Bonchev–Trinajstić information content (AvgIpc) is 3.10. The molecule has 25 heavy (non-hydrogen) atoms. The summed E-state index contributed by atoms with van der Waals surface area (Å²) >= 11 is 0. The third-order valence-corrected chi connectivity index (χ3v) is 3.58. The number of nitrogens with one attached hydrogen (secondary N) is 2. The topological polar surface area (TPSA) is 79.4 Å². The molecule has 0 radical (unpaired) electrons. The summed E-state index contributed by atoms with van der Waals surface area (Å²) in [5.41, 5.74) is 6.05. The normalized spacial score (nSPS) is 10.8. The molecule has 3 aromatic rings. The van der Waals surface area contributed by atoms with Crippen LogP contribution in [0.25, 0.3) is 11.3 Å². The fourth-order valence-corrected chi connectivity index (χ4v) is 2.30. The Morgan fingerprint density at radius 1 is 1.20 bits per heavy atom. The van der Waals surface area contributed by atoms with Crippen LogP contribution in [0, 0.1) is 6.92 Å². The van der Waals surface area contributed by atoms with Crippen molar-refractivity contribution in [1.29, 1.82) is 0 Å². The van der Waals surface area contributed by atoms with E-state index in [1.165, 1.54) is 0 Å². The fourth-order valence-electron chi connectivity index (χ4n) is 2.30. The number of rotatable bonds is 6. The van der Waals surface area contributed by atoms with E-state index in [0.717, 1.165) is 22.4 Å². The molecule has 0 saturated heterocycles. The van der Waals surface area contributed by atoms with Crippen LogP contribution in [0.5, 0.6) is 5.75 Å². The largest absolute Gasteiger partial charge is 0.483 e. The number of hydrazone groups is 1. The molecule has 6 nitrogen and oxygen atoms in total. The second-order valence-electron chi connectivity index (χ2n) is 5.41. The van der Waals surface area contributed by atoms with Crippen LogP contribution in [0.1, 0.15) is 11.1 Å². The Kier molecular flexibility index (Phi) is 5.21. The zero-order chi connectivity index (χ0) is 17.5.